The molecule has 0 spiro atoms. The molecular weight excluding hydrogens is 380 g/mol. The number of rotatable bonds is 6. The Morgan fingerprint density at radius 1 is 1.21 bits per heavy atom. The Morgan fingerprint density at radius 3 is 2.54 bits per heavy atom. The van der Waals surface area contributed by atoms with Crippen molar-refractivity contribution in [3.05, 3.63) is 69.9 Å². The van der Waals surface area contributed by atoms with Crippen LogP contribution in [0.2, 0.25) is 5.02 Å². The quantitative estimate of drug-likeness (QED) is 0.536. The van der Waals surface area contributed by atoms with Gasteiger partial charge >= 0.3 is 0 Å². The maximum atomic E-state index is 10.2. The molecule has 3 N–H and O–H groups in total. The highest BCUT2D eigenvalue weighted by molar-refractivity contribution is 6.34. The summed E-state index contributed by atoms with van der Waals surface area (Å²) in [7, 11) is 0. The maximum Gasteiger partial charge on any atom is 0.247 e. The van der Waals surface area contributed by atoms with Crippen LogP contribution in [0.5, 0.6) is 0 Å². The molecule has 0 bridgehead atoms. The fourth-order valence-corrected chi connectivity index (χ4v) is 2.91. The van der Waals surface area contributed by atoms with Crippen LogP contribution < -0.4 is 5.32 Å². The number of aromatic nitrogens is 2. The van der Waals surface area contributed by atoms with Gasteiger partial charge < -0.3 is 19.9 Å². The van der Waals surface area contributed by atoms with E-state index in [0.29, 0.717) is 33.4 Å². The van der Waals surface area contributed by atoms with E-state index in [0.717, 1.165) is 5.56 Å². The SMILES string of the molecule is [C-]#[N+]c1ccc(N[C@@H](c2nnc(-c3ccc(CO)cc3)o2)C(C)O)c(C)c1Cl. The van der Waals surface area contributed by atoms with Gasteiger partial charge in [-0.1, -0.05) is 29.8 Å². The Balaban J connectivity index is 1.88. The second-order valence-corrected chi connectivity index (χ2v) is 6.72. The zero-order chi connectivity index (χ0) is 20.3. The summed E-state index contributed by atoms with van der Waals surface area (Å²) in [4.78, 5) is 3.38. The minimum Gasteiger partial charge on any atom is -0.418 e. The molecule has 0 aliphatic heterocycles. The van der Waals surface area contributed by atoms with Crippen LogP contribution in [0.3, 0.4) is 0 Å². The third-order valence-electron chi connectivity index (χ3n) is 4.37. The minimum absolute atomic E-state index is 0.0441. The summed E-state index contributed by atoms with van der Waals surface area (Å²) < 4.78 is 5.77. The molecule has 0 radical (unpaired) electrons. The molecule has 1 aromatic heterocycles. The predicted octanol–water partition coefficient (Wildman–Crippen LogP) is 4.28. The molecule has 3 aromatic rings. The first-order valence-electron chi connectivity index (χ1n) is 8.59. The number of benzene rings is 2. The number of nitrogens with one attached hydrogen (secondary N) is 1. The number of halogens is 1. The van der Waals surface area contributed by atoms with Crippen molar-refractivity contribution in [2.75, 3.05) is 5.32 Å². The molecule has 0 amide bonds. The van der Waals surface area contributed by atoms with Gasteiger partial charge in [-0.25, -0.2) is 4.85 Å². The summed E-state index contributed by atoms with van der Waals surface area (Å²) in [5, 5.41) is 31.0. The summed E-state index contributed by atoms with van der Waals surface area (Å²) in [6.07, 6.45) is -0.830. The largest absolute Gasteiger partial charge is 0.418 e. The molecule has 1 heterocycles. The van der Waals surface area contributed by atoms with Gasteiger partial charge in [0.1, 0.15) is 6.04 Å². The highest BCUT2D eigenvalue weighted by Crippen LogP contribution is 2.35. The van der Waals surface area contributed by atoms with Crippen LogP contribution in [-0.2, 0) is 6.61 Å². The smallest absolute Gasteiger partial charge is 0.247 e. The van der Waals surface area contributed by atoms with Gasteiger partial charge in [-0.05, 0) is 43.2 Å². The van der Waals surface area contributed by atoms with Crippen LogP contribution in [0.25, 0.3) is 16.3 Å². The minimum atomic E-state index is -0.830. The van der Waals surface area contributed by atoms with Gasteiger partial charge in [-0.3, -0.25) is 0 Å². The van der Waals surface area contributed by atoms with Crippen molar-refractivity contribution < 1.29 is 14.6 Å². The van der Waals surface area contributed by atoms with E-state index < -0.39 is 12.1 Å². The van der Waals surface area contributed by atoms with Gasteiger partial charge in [0.15, 0.2) is 0 Å². The van der Waals surface area contributed by atoms with Gasteiger partial charge in [-0.15, -0.1) is 10.2 Å². The van der Waals surface area contributed by atoms with E-state index in [1.54, 1.807) is 50.2 Å². The highest BCUT2D eigenvalue weighted by Gasteiger charge is 2.25. The first-order chi connectivity index (χ1) is 13.4. The van der Waals surface area contributed by atoms with E-state index in [2.05, 4.69) is 20.4 Å². The van der Waals surface area contributed by atoms with Crippen molar-refractivity contribution in [3.8, 4) is 11.5 Å². The zero-order valence-corrected chi connectivity index (χ0v) is 16.1. The Bertz CT molecular complexity index is 1010. The molecule has 1 unspecified atom stereocenters. The lowest BCUT2D eigenvalue weighted by atomic mass is 10.1. The number of aliphatic hydroxyl groups excluding tert-OH is 2. The average Bonchev–Trinajstić information content (AvgIpc) is 3.18. The summed E-state index contributed by atoms with van der Waals surface area (Å²) >= 11 is 6.23. The van der Waals surface area contributed by atoms with Gasteiger partial charge in [0.05, 0.1) is 24.3 Å². The summed E-state index contributed by atoms with van der Waals surface area (Å²) in [5.74, 6) is 0.533. The summed E-state index contributed by atoms with van der Waals surface area (Å²) in [6.45, 7) is 10.5. The van der Waals surface area contributed by atoms with Gasteiger partial charge in [0, 0.05) is 11.3 Å². The van der Waals surface area contributed by atoms with Crippen LogP contribution >= 0.6 is 11.6 Å². The first kappa shape index (κ1) is 19.8. The van der Waals surface area contributed by atoms with Crippen molar-refractivity contribution >= 4 is 23.0 Å². The maximum absolute atomic E-state index is 10.2. The molecule has 0 saturated carbocycles. The Morgan fingerprint density at radius 2 is 1.93 bits per heavy atom. The second kappa shape index (κ2) is 8.40. The lowest BCUT2D eigenvalue weighted by Crippen LogP contribution is -2.23. The highest BCUT2D eigenvalue weighted by atomic mass is 35.5. The standard InChI is InChI=1S/C20H19ClN4O3/c1-11-15(8-9-16(22-3)17(11)21)23-18(12(2)27)20-25-24-19(28-20)14-6-4-13(10-26)5-7-14/h4-9,12,18,23,26-27H,10H2,1-2H3/t12?,18-/m1/s1. The van der Waals surface area contributed by atoms with E-state index in [4.69, 9.17) is 27.7 Å². The number of anilines is 1. The monoisotopic (exact) mass is 398 g/mol. The Labute approximate surface area is 167 Å². The molecule has 2 aromatic carbocycles. The number of nitrogens with zero attached hydrogens (tertiary/aromatic N) is 3. The molecule has 144 valence electrons. The molecule has 7 nitrogen and oxygen atoms in total. The van der Waals surface area contributed by atoms with E-state index in [1.165, 1.54) is 0 Å². The van der Waals surface area contributed by atoms with Gasteiger partial charge in [0.25, 0.3) is 0 Å². The van der Waals surface area contributed by atoms with Crippen LogP contribution in [0.1, 0.15) is 30.0 Å². The lowest BCUT2D eigenvalue weighted by molar-refractivity contribution is 0.159. The van der Waals surface area contributed by atoms with Gasteiger partial charge in [-0.2, -0.15) is 0 Å². The number of aliphatic hydroxyl groups is 2. The van der Waals surface area contributed by atoms with Crippen molar-refractivity contribution in [3.63, 3.8) is 0 Å². The van der Waals surface area contributed by atoms with Crippen molar-refractivity contribution in [1.29, 1.82) is 0 Å². The molecule has 0 fully saturated rings. The topological polar surface area (TPSA) is 95.8 Å². The molecule has 0 saturated heterocycles. The molecule has 8 heteroatoms. The number of hydrogen-bond donors (Lipinski definition) is 3. The van der Waals surface area contributed by atoms with E-state index >= 15 is 0 Å². The van der Waals surface area contributed by atoms with Crippen molar-refractivity contribution in [1.82, 2.24) is 10.2 Å². The molecule has 2 atom stereocenters. The molecule has 0 aliphatic rings. The fraction of sp³-hybridized carbons (Fsp3) is 0.250. The average molecular weight is 399 g/mol. The zero-order valence-electron chi connectivity index (χ0n) is 15.3. The van der Waals surface area contributed by atoms with Crippen LogP contribution in [0.15, 0.2) is 40.8 Å². The second-order valence-electron chi connectivity index (χ2n) is 6.35. The van der Waals surface area contributed by atoms with Crippen LogP contribution in [0.4, 0.5) is 11.4 Å². The third-order valence-corrected chi connectivity index (χ3v) is 4.85. The number of hydrogen-bond acceptors (Lipinski definition) is 6. The summed E-state index contributed by atoms with van der Waals surface area (Å²) in [6, 6.07) is 9.79. The molecule has 28 heavy (non-hydrogen) atoms. The molecular formula is C20H19ClN4O3. The van der Waals surface area contributed by atoms with E-state index in [9.17, 15) is 5.11 Å². The van der Waals surface area contributed by atoms with Gasteiger partial charge in [0.2, 0.25) is 17.5 Å². The van der Waals surface area contributed by atoms with Crippen molar-refractivity contribution in [2.45, 2.75) is 32.6 Å². The molecule has 0 aliphatic carbocycles. The van der Waals surface area contributed by atoms with Crippen LogP contribution in [0, 0.1) is 13.5 Å². The Hall–Kier alpha value is -2.92. The van der Waals surface area contributed by atoms with Crippen LogP contribution in [-0.4, -0.2) is 26.5 Å². The molecule has 3 rings (SSSR count). The predicted molar refractivity (Wildman–Crippen MR) is 106 cm³/mol. The summed E-state index contributed by atoms with van der Waals surface area (Å²) in [5.41, 5.74) is 3.21. The Kier molecular flexibility index (Phi) is 5.95. The third kappa shape index (κ3) is 3.99. The van der Waals surface area contributed by atoms with E-state index in [-0.39, 0.29) is 12.5 Å². The van der Waals surface area contributed by atoms with E-state index in [1.807, 2.05) is 0 Å². The normalized spacial score (nSPS) is 13.0. The lowest BCUT2D eigenvalue weighted by Gasteiger charge is -2.21. The fourth-order valence-electron chi connectivity index (χ4n) is 2.70. The van der Waals surface area contributed by atoms with Crippen molar-refractivity contribution in [2.24, 2.45) is 0 Å². The first-order valence-corrected chi connectivity index (χ1v) is 8.97.